The lowest BCUT2D eigenvalue weighted by atomic mass is 10.2. The van der Waals surface area contributed by atoms with Crippen molar-refractivity contribution < 1.29 is 18.5 Å². The van der Waals surface area contributed by atoms with Crippen LogP contribution in [0.2, 0.25) is 0 Å². The Balaban J connectivity index is 3.51. The molecule has 9 heteroatoms. The predicted octanol–water partition coefficient (Wildman–Crippen LogP) is 1.63. The molecule has 86 valence electrons. The molecule has 1 aromatic heterocycles. The first-order chi connectivity index (χ1) is 7.34. The molecule has 0 aliphatic rings. The molecule has 16 heavy (non-hydrogen) atoms. The molecule has 0 atom stereocenters. The van der Waals surface area contributed by atoms with Crippen LogP contribution in [0.25, 0.3) is 0 Å². The van der Waals surface area contributed by atoms with Crippen molar-refractivity contribution >= 4 is 34.3 Å². The van der Waals surface area contributed by atoms with Crippen molar-refractivity contribution in [1.29, 1.82) is 0 Å². The number of amides is 1. The van der Waals surface area contributed by atoms with Gasteiger partial charge in [-0.2, -0.15) is 0 Å². The number of nitro groups is 1. The predicted molar refractivity (Wildman–Crippen MR) is 57.1 cm³/mol. The van der Waals surface area contributed by atoms with Gasteiger partial charge in [-0.3, -0.25) is 4.79 Å². The van der Waals surface area contributed by atoms with Crippen LogP contribution in [0.4, 0.5) is 14.6 Å². The van der Waals surface area contributed by atoms with Gasteiger partial charge in [0.2, 0.25) is 0 Å². The van der Waals surface area contributed by atoms with Gasteiger partial charge in [-0.25, -0.2) is 8.78 Å². The van der Waals surface area contributed by atoms with Crippen molar-refractivity contribution in [2.24, 2.45) is 5.73 Å². The van der Waals surface area contributed by atoms with E-state index in [0.717, 1.165) is 0 Å². The zero-order chi connectivity index (χ0) is 12.5. The van der Waals surface area contributed by atoms with Gasteiger partial charge in [0.25, 0.3) is 18.0 Å². The first-order valence-corrected chi connectivity index (χ1v) is 4.85. The van der Waals surface area contributed by atoms with Crippen molar-refractivity contribution in [1.82, 2.24) is 4.98 Å². The normalized spacial score (nSPS) is 10.5. The van der Waals surface area contributed by atoms with E-state index < -0.39 is 34.3 Å². The van der Waals surface area contributed by atoms with Crippen molar-refractivity contribution in [3.05, 3.63) is 31.0 Å². The third-order valence-electron chi connectivity index (χ3n) is 1.63. The maximum atomic E-state index is 12.5. The molecule has 1 rings (SSSR count). The lowest BCUT2D eigenvalue weighted by Crippen LogP contribution is -2.17. The second-order valence-corrected chi connectivity index (χ2v) is 3.73. The number of halogens is 3. The summed E-state index contributed by atoms with van der Waals surface area (Å²) in [5.74, 6) is -1.92. The summed E-state index contributed by atoms with van der Waals surface area (Å²) >= 11 is 1.45. The molecule has 0 spiro atoms. The topological polar surface area (TPSA) is 99.1 Å². The van der Waals surface area contributed by atoms with Crippen LogP contribution in [0.3, 0.4) is 0 Å². The molecule has 0 aliphatic carbocycles. The quantitative estimate of drug-likeness (QED) is 0.512. The van der Waals surface area contributed by atoms with Crippen molar-refractivity contribution in [3.63, 3.8) is 0 Å². The first kappa shape index (κ1) is 12.7. The van der Waals surface area contributed by atoms with Crippen molar-refractivity contribution in [2.75, 3.05) is 0 Å². The zero-order valence-electron chi connectivity index (χ0n) is 7.49. The minimum absolute atomic E-state index is 0.175. The highest BCUT2D eigenvalue weighted by atomic mass is 127. The van der Waals surface area contributed by atoms with Crippen LogP contribution in [-0.4, -0.2) is 15.8 Å². The van der Waals surface area contributed by atoms with Crippen LogP contribution < -0.4 is 5.73 Å². The minimum Gasteiger partial charge on any atom is -0.362 e. The number of aromatic nitrogens is 1. The second kappa shape index (κ2) is 4.63. The number of nitrogens with zero attached hydrogens (tertiary/aromatic N) is 2. The molecule has 0 radical (unpaired) electrons. The Kier molecular flexibility index (Phi) is 3.67. The number of hydrogen-bond donors (Lipinski definition) is 1. The highest BCUT2D eigenvalue weighted by Crippen LogP contribution is 2.28. The number of carbonyl (C=O) groups is 1. The molecule has 0 bridgehead atoms. The summed E-state index contributed by atoms with van der Waals surface area (Å²) in [4.78, 5) is 23.6. The fourth-order valence-electron chi connectivity index (χ4n) is 0.951. The molecule has 6 nitrogen and oxygen atoms in total. The van der Waals surface area contributed by atoms with E-state index in [9.17, 15) is 23.7 Å². The molecule has 0 saturated heterocycles. The number of pyridine rings is 1. The fourth-order valence-corrected chi connectivity index (χ4v) is 1.73. The Morgan fingerprint density at radius 2 is 2.19 bits per heavy atom. The Labute approximate surface area is 101 Å². The maximum Gasteiger partial charge on any atom is 0.364 e. The van der Waals surface area contributed by atoms with E-state index in [-0.39, 0.29) is 3.57 Å². The van der Waals surface area contributed by atoms with E-state index in [2.05, 4.69) is 4.98 Å². The highest BCUT2D eigenvalue weighted by Gasteiger charge is 2.26. The standard InChI is InChI=1S/C7H4F2IN3O3/c8-6(9)2-1-3(13(15)16)12-5(4(2)10)7(11)14/h1,6H,(H2,11,14). The molecular formula is C7H4F2IN3O3. The van der Waals surface area contributed by atoms with E-state index in [1.54, 1.807) is 0 Å². The Morgan fingerprint density at radius 3 is 2.56 bits per heavy atom. The van der Waals surface area contributed by atoms with Crippen LogP contribution in [0.15, 0.2) is 6.07 Å². The second-order valence-electron chi connectivity index (χ2n) is 2.65. The molecular weight excluding hydrogens is 339 g/mol. The molecule has 0 saturated carbocycles. The molecule has 2 N–H and O–H groups in total. The number of hydrogen-bond acceptors (Lipinski definition) is 4. The fraction of sp³-hybridized carbons (Fsp3) is 0.143. The third-order valence-corrected chi connectivity index (χ3v) is 2.76. The number of alkyl halides is 2. The van der Waals surface area contributed by atoms with E-state index in [1.165, 1.54) is 22.6 Å². The maximum absolute atomic E-state index is 12.5. The molecule has 1 amide bonds. The summed E-state index contributed by atoms with van der Waals surface area (Å²) < 4.78 is 24.8. The Hall–Kier alpha value is -1.39. The average Bonchev–Trinajstić information content (AvgIpc) is 2.16. The van der Waals surface area contributed by atoms with Gasteiger partial charge in [0, 0.05) is 11.6 Å². The smallest absolute Gasteiger partial charge is 0.362 e. The molecule has 0 unspecified atom stereocenters. The van der Waals surface area contributed by atoms with E-state index in [4.69, 9.17) is 5.73 Å². The van der Waals surface area contributed by atoms with Gasteiger partial charge in [0.05, 0.1) is 3.57 Å². The number of rotatable bonds is 3. The van der Waals surface area contributed by atoms with Crippen molar-refractivity contribution in [2.45, 2.75) is 6.43 Å². The molecule has 0 fully saturated rings. The average molecular weight is 343 g/mol. The van der Waals surface area contributed by atoms with Gasteiger partial charge < -0.3 is 15.8 Å². The Bertz CT molecular complexity index is 466. The van der Waals surface area contributed by atoms with Crippen LogP contribution in [0, 0.1) is 13.7 Å². The van der Waals surface area contributed by atoms with Gasteiger partial charge in [-0.15, -0.1) is 0 Å². The first-order valence-electron chi connectivity index (χ1n) is 3.77. The van der Waals surface area contributed by atoms with Crippen LogP contribution in [0.5, 0.6) is 0 Å². The van der Waals surface area contributed by atoms with Gasteiger partial charge in [0.15, 0.2) is 0 Å². The summed E-state index contributed by atoms with van der Waals surface area (Å²) in [5, 5.41) is 10.4. The minimum atomic E-state index is -2.94. The summed E-state index contributed by atoms with van der Waals surface area (Å²) in [6.07, 6.45) is -2.94. The Morgan fingerprint density at radius 1 is 1.62 bits per heavy atom. The summed E-state index contributed by atoms with van der Waals surface area (Å²) in [5.41, 5.74) is 3.73. The summed E-state index contributed by atoms with van der Waals surface area (Å²) in [6, 6.07) is 0.624. The lowest BCUT2D eigenvalue weighted by Gasteiger charge is -2.03. The monoisotopic (exact) mass is 343 g/mol. The van der Waals surface area contributed by atoms with Crippen molar-refractivity contribution in [3.8, 4) is 0 Å². The number of primary amides is 1. The molecule has 0 aliphatic heterocycles. The van der Waals surface area contributed by atoms with Gasteiger partial charge >= 0.3 is 5.82 Å². The van der Waals surface area contributed by atoms with Gasteiger partial charge in [-0.05, 0) is 32.5 Å². The van der Waals surface area contributed by atoms with E-state index in [1.807, 2.05) is 0 Å². The van der Waals surface area contributed by atoms with Gasteiger partial charge in [0.1, 0.15) is 0 Å². The van der Waals surface area contributed by atoms with E-state index >= 15 is 0 Å². The number of carbonyl (C=O) groups excluding carboxylic acids is 1. The molecule has 1 heterocycles. The van der Waals surface area contributed by atoms with Crippen LogP contribution >= 0.6 is 22.6 Å². The zero-order valence-corrected chi connectivity index (χ0v) is 9.64. The largest absolute Gasteiger partial charge is 0.364 e. The van der Waals surface area contributed by atoms with E-state index in [0.29, 0.717) is 6.07 Å². The van der Waals surface area contributed by atoms with Gasteiger partial charge in [-0.1, -0.05) is 0 Å². The lowest BCUT2D eigenvalue weighted by molar-refractivity contribution is -0.389. The third kappa shape index (κ3) is 2.40. The molecule has 1 aromatic rings. The highest BCUT2D eigenvalue weighted by molar-refractivity contribution is 14.1. The van der Waals surface area contributed by atoms with Crippen LogP contribution in [-0.2, 0) is 0 Å². The van der Waals surface area contributed by atoms with Crippen LogP contribution in [0.1, 0.15) is 22.5 Å². The summed E-state index contributed by atoms with van der Waals surface area (Å²) in [7, 11) is 0. The number of nitrogens with two attached hydrogens (primary N) is 1. The SMILES string of the molecule is NC(=O)c1nc([N+](=O)[O-])cc(C(F)F)c1I. The molecule has 0 aromatic carbocycles. The summed E-state index contributed by atoms with van der Waals surface area (Å²) in [6.45, 7) is 0.